The second-order valence-electron chi connectivity index (χ2n) is 7.10. The van der Waals surface area contributed by atoms with Gasteiger partial charge in [0.05, 0.1) is 11.1 Å². The van der Waals surface area contributed by atoms with Crippen molar-refractivity contribution in [2.75, 3.05) is 11.4 Å². The number of amides is 1. The number of ketones is 1. The molecule has 1 fully saturated rings. The molecule has 1 heterocycles. The summed E-state index contributed by atoms with van der Waals surface area (Å²) in [6.07, 6.45) is 3.57. The van der Waals surface area contributed by atoms with Gasteiger partial charge in [-0.3, -0.25) is 9.59 Å². The molecule has 1 saturated heterocycles. The van der Waals surface area contributed by atoms with E-state index in [0.29, 0.717) is 36.3 Å². The third-order valence-electron chi connectivity index (χ3n) is 5.31. The van der Waals surface area contributed by atoms with E-state index in [0.717, 1.165) is 36.1 Å². The zero-order valence-electron chi connectivity index (χ0n) is 15.3. The number of Topliss-reactive ketones (excluding diaryl/α,β-unsaturated/α-hetero) is 1. The number of ether oxygens (including phenoxy) is 1. The second kappa shape index (κ2) is 6.99. The maximum atomic E-state index is 12.6. The average Bonchev–Trinajstić information content (AvgIpc) is 3.10. The number of benzene rings is 2. The number of fused-ring (bicyclic) bond motifs is 1. The van der Waals surface area contributed by atoms with Gasteiger partial charge in [0.25, 0.3) is 0 Å². The lowest BCUT2D eigenvalue weighted by atomic mass is 9.87. The van der Waals surface area contributed by atoms with Gasteiger partial charge >= 0.3 is 5.97 Å². The molecule has 0 atom stereocenters. The summed E-state index contributed by atoms with van der Waals surface area (Å²) < 4.78 is 5.57. The van der Waals surface area contributed by atoms with Crippen LogP contribution in [0.4, 0.5) is 5.69 Å². The van der Waals surface area contributed by atoms with E-state index in [-0.39, 0.29) is 11.7 Å². The topological polar surface area (TPSA) is 63.7 Å². The zero-order chi connectivity index (χ0) is 19.0. The summed E-state index contributed by atoms with van der Waals surface area (Å²) in [4.78, 5) is 38.5. The molecule has 0 saturated carbocycles. The quantitative estimate of drug-likeness (QED) is 0.614. The van der Waals surface area contributed by atoms with Gasteiger partial charge in [0.1, 0.15) is 5.75 Å². The van der Waals surface area contributed by atoms with Crippen LogP contribution in [0.25, 0.3) is 0 Å². The van der Waals surface area contributed by atoms with Crippen molar-refractivity contribution in [3.63, 3.8) is 0 Å². The van der Waals surface area contributed by atoms with E-state index in [1.165, 1.54) is 0 Å². The molecule has 1 aliphatic heterocycles. The molecule has 2 aromatic carbocycles. The van der Waals surface area contributed by atoms with Crippen LogP contribution < -0.4 is 9.64 Å². The number of hydrogen-bond donors (Lipinski definition) is 0. The van der Waals surface area contributed by atoms with Crippen LogP contribution in [0.3, 0.4) is 0 Å². The van der Waals surface area contributed by atoms with E-state index in [2.05, 4.69) is 0 Å². The number of rotatable bonds is 3. The standard InChI is InChI=1S/C22H21NO4/c1-14-7-12-19(21-17(14)4-2-5-18(21)24)27-22(26)15-8-10-16(11-9-15)23-13-3-6-20(23)25/h7-12H,2-6,13H2,1H3. The highest BCUT2D eigenvalue weighted by Gasteiger charge is 2.25. The van der Waals surface area contributed by atoms with Crippen molar-refractivity contribution in [2.45, 2.75) is 39.0 Å². The molecule has 2 aromatic rings. The third-order valence-corrected chi connectivity index (χ3v) is 5.31. The normalized spacial score (nSPS) is 16.4. The molecule has 0 spiro atoms. The predicted octanol–water partition coefficient (Wildman–Crippen LogP) is 3.86. The zero-order valence-corrected chi connectivity index (χ0v) is 15.3. The largest absolute Gasteiger partial charge is 0.422 e. The maximum absolute atomic E-state index is 12.6. The molecule has 5 heteroatoms. The van der Waals surface area contributed by atoms with Crippen LogP contribution in [0.15, 0.2) is 36.4 Å². The Kier molecular flexibility index (Phi) is 4.52. The summed E-state index contributed by atoms with van der Waals surface area (Å²) in [6.45, 7) is 2.68. The Labute approximate surface area is 157 Å². The van der Waals surface area contributed by atoms with E-state index in [1.54, 1.807) is 35.2 Å². The first-order valence-electron chi connectivity index (χ1n) is 9.33. The number of anilines is 1. The molecule has 0 unspecified atom stereocenters. The van der Waals surface area contributed by atoms with Gasteiger partial charge in [-0.1, -0.05) is 6.07 Å². The van der Waals surface area contributed by atoms with Gasteiger partial charge in [0, 0.05) is 25.1 Å². The monoisotopic (exact) mass is 363 g/mol. The molecule has 138 valence electrons. The number of carbonyl (C=O) groups is 3. The smallest absolute Gasteiger partial charge is 0.343 e. The highest BCUT2D eigenvalue weighted by atomic mass is 16.5. The maximum Gasteiger partial charge on any atom is 0.343 e. The first kappa shape index (κ1) is 17.5. The fraction of sp³-hybridized carbons (Fsp3) is 0.318. The molecule has 0 bridgehead atoms. The molecule has 27 heavy (non-hydrogen) atoms. The van der Waals surface area contributed by atoms with Crippen molar-refractivity contribution in [1.82, 2.24) is 0 Å². The summed E-state index contributed by atoms with van der Waals surface area (Å²) >= 11 is 0. The van der Waals surface area contributed by atoms with Crippen LogP contribution >= 0.6 is 0 Å². The van der Waals surface area contributed by atoms with E-state index < -0.39 is 5.97 Å². The van der Waals surface area contributed by atoms with Gasteiger partial charge in [-0.05, 0) is 67.6 Å². The van der Waals surface area contributed by atoms with E-state index in [4.69, 9.17) is 4.74 Å². The van der Waals surface area contributed by atoms with Gasteiger partial charge < -0.3 is 9.64 Å². The Bertz CT molecular complexity index is 930. The molecular formula is C22H21NO4. The van der Waals surface area contributed by atoms with Gasteiger partial charge in [-0.25, -0.2) is 4.79 Å². The van der Waals surface area contributed by atoms with E-state index >= 15 is 0 Å². The van der Waals surface area contributed by atoms with Crippen molar-refractivity contribution in [3.05, 3.63) is 58.7 Å². The first-order chi connectivity index (χ1) is 13.0. The van der Waals surface area contributed by atoms with Crippen molar-refractivity contribution in [1.29, 1.82) is 0 Å². The summed E-state index contributed by atoms with van der Waals surface area (Å²) in [5, 5.41) is 0. The molecule has 1 amide bonds. The lowest BCUT2D eigenvalue weighted by Gasteiger charge is -2.20. The third kappa shape index (κ3) is 3.25. The minimum absolute atomic E-state index is 0.0330. The fourth-order valence-corrected chi connectivity index (χ4v) is 3.85. The SMILES string of the molecule is Cc1ccc(OC(=O)c2ccc(N3CCCC3=O)cc2)c2c1CCCC2=O. The van der Waals surface area contributed by atoms with Gasteiger partial charge in [-0.2, -0.15) is 0 Å². The number of aryl methyl sites for hydroxylation is 1. The van der Waals surface area contributed by atoms with Gasteiger partial charge in [0.2, 0.25) is 5.91 Å². The Balaban J connectivity index is 1.56. The summed E-state index contributed by atoms with van der Waals surface area (Å²) in [6, 6.07) is 10.4. The Hall–Kier alpha value is -2.95. The van der Waals surface area contributed by atoms with Crippen molar-refractivity contribution >= 4 is 23.3 Å². The summed E-state index contributed by atoms with van der Waals surface area (Å²) in [5.74, 6) is -0.0245. The molecule has 4 rings (SSSR count). The summed E-state index contributed by atoms with van der Waals surface area (Å²) in [5.41, 5.74) is 3.77. The van der Waals surface area contributed by atoms with Gasteiger partial charge in [-0.15, -0.1) is 0 Å². The molecule has 0 radical (unpaired) electrons. The highest BCUT2D eigenvalue weighted by Crippen LogP contribution is 2.32. The molecule has 0 N–H and O–H groups in total. The predicted molar refractivity (Wildman–Crippen MR) is 101 cm³/mol. The fourth-order valence-electron chi connectivity index (χ4n) is 3.85. The average molecular weight is 363 g/mol. The Morgan fingerprint density at radius 1 is 0.963 bits per heavy atom. The van der Waals surface area contributed by atoms with Crippen molar-refractivity contribution in [2.24, 2.45) is 0 Å². The van der Waals surface area contributed by atoms with Crippen molar-refractivity contribution < 1.29 is 19.1 Å². The van der Waals surface area contributed by atoms with Crippen LogP contribution in [0, 0.1) is 6.92 Å². The minimum atomic E-state index is -0.501. The lowest BCUT2D eigenvalue weighted by molar-refractivity contribution is -0.117. The highest BCUT2D eigenvalue weighted by molar-refractivity contribution is 6.03. The van der Waals surface area contributed by atoms with Crippen LogP contribution in [-0.2, 0) is 11.2 Å². The van der Waals surface area contributed by atoms with Crippen molar-refractivity contribution in [3.8, 4) is 5.75 Å². The molecule has 2 aliphatic rings. The molecular weight excluding hydrogens is 342 g/mol. The first-order valence-corrected chi connectivity index (χ1v) is 9.33. The summed E-state index contributed by atoms with van der Waals surface area (Å²) in [7, 11) is 0. The van der Waals surface area contributed by atoms with Crippen LogP contribution in [0.2, 0.25) is 0 Å². The minimum Gasteiger partial charge on any atom is -0.422 e. The number of carbonyl (C=O) groups excluding carboxylic acids is 3. The number of nitrogens with zero attached hydrogens (tertiary/aromatic N) is 1. The van der Waals surface area contributed by atoms with Gasteiger partial charge in [0.15, 0.2) is 5.78 Å². The Morgan fingerprint density at radius 3 is 2.44 bits per heavy atom. The molecule has 5 nitrogen and oxygen atoms in total. The Morgan fingerprint density at radius 2 is 1.74 bits per heavy atom. The van der Waals surface area contributed by atoms with Crippen LogP contribution in [0.5, 0.6) is 5.75 Å². The molecule has 1 aliphatic carbocycles. The second-order valence-corrected chi connectivity index (χ2v) is 7.10. The number of esters is 1. The molecule has 0 aromatic heterocycles. The lowest BCUT2D eigenvalue weighted by Crippen LogP contribution is -2.23. The van der Waals surface area contributed by atoms with E-state index in [9.17, 15) is 14.4 Å². The van der Waals surface area contributed by atoms with Crippen LogP contribution in [0.1, 0.15) is 57.5 Å². The van der Waals surface area contributed by atoms with Crippen LogP contribution in [-0.4, -0.2) is 24.2 Å². The van der Waals surface area contributed by atoms with E-state index in [1.807, 2.05) is 13.0 Å². The number of hydrogen-bond acceptors (Lipinski definition) is 4.